The molecule has 1 aromatic carbocycles. The molecule has 1 atom stereocenters. The van der Waals surface area contributed by atoms with Crippen molar-refractivity contribution in [3.63, 3.8) is 0 Å². The molecule has 5 heteroatoms. The van der Waals surface area contributed by atoms with Crippen molar-refractivity contribution in [2.24, 2.45) is 5.73 Å². The molecular weight excluding hydrogens is 209 g/mol. The number of rotatable bonds is 3. The maximum Gasteiger partial charge on any atom is 0.257 e. The molecule has 0 radical (unpaired) electrons. The van der Waals surface area contributed by atoms with Crippen LogP contribution in [0.4, 0.5) is 4.39 Å². The third kappa shape index (κ3) is 2.43. The van der Waals surface area contributed by atoms with Gasteiger partial charge in [0.1, 0.15) is 5.82 Å². The standard InChI is InChI=1S/C11H12FN3O/c1-7(13)6-10-14-11(16-15-10)8-2-4-9(12)5-3-8/h2-5,7H,6,13H2,1H3. The van der Waals surface area contributed by atoms with E-state index >= 15 is 0 Å². The van der Waals surface area contributed by atoms with Crippen molar-refractivity contribution >= 4 is 0 Å². The summed E-state index contributed by atoms with van der Waals surface area (Å²) in [5.74, 6) is 0.657. The second-order valence-corrected chi connectivity index (χ2v) is 3.70. The van der Waals surface area contributed by atoms with E-state index in [0.29, 0.717) is 23.7 Å². The highest BCUT2D eigenvalue weighted by Crippen LogP contribution is 2.17. The summed E-state index contributed by atoms with van der Waals surface area (Å²) in [5, 5.41) is 3.80. The molecule has 16 heavy (non-hydrogen) atoms. The van der Waals surface area contributed by atoms with Gasteiger partial charge in [0, 0.05) is 18.0 Å². The second kappa shape index (κ2) is 4.40. The lowest BCUT2D eigenvalue weighted by atomic mass is 10.2. The topological polar surface area (TPSA) is 64.9 Å². The second-order valence-electron chi connectivity index (χ2n) is 3.70. The molecule has 0 fully saturated rings. The average Bonchev–Trinajstić information content (AvgIpc) is 2.66. The van der Waals surface area contributed by atoms with Gasteiger partial charge in [-0.25, -0.2) is 4.39 Å². The molecule has 0 aliphatic heterocycles. The highest BCUT2D eigenvalue weighted by Gasteiger charge is 2.09. The van der Waals surface area contributed by atoms with E-state index in [-0.39, 0.29) is 11.9 Å². The molecule has 1 unspecified atom stereocenters. The number of hydrogen-bond acceptors (Lipinski definition) is 4. The summed E-state index contributed by atoms with van der Waals surface area (Å²) in [7, 11) is 0. The minimum atomic E-state index is -0.293. The zero-order valence-corrected chi connectivity index (χ0v) is 8.85. The van der Waals surface area contributed by atoms with Crippen LogP contribution in [-0.4, -0.2) is 16.2 Å². The van der Waals surface area contributed by atoms with Crippen molar-refractivity contribution in [1.29, 1.82) is 0 Å². The van der Waals surface area contributed by atoms with Crippen LogP contribution in [0.2, 0.25) is 0 Å². The Kier molecular flexibility index (Phi) is 2.96. The first-order valence-electron chi connectivity index (χ1n) is 4.99. The average molecular weight is 221 g/mol. The van der Waals surface area contributed by atoms with Crippen molar-refractivity contribution in [3.8, 4) is 11.5 Å². The van der Waals surface area contributed by atoms with Crippen LogP contribution in [0.15, 0.2) is 28.8 Å². The quantitative estimate of drug-likeness (QED) is 0.857. The highest BCUT2D eigenvalue weighted by atomic mass is 19.1. The van der Waals surface area contributed by atoms with E-state index in [2.05, 4.69) is 10.1 Å². The lowest BCUT2D eigenvalue weighted by Crippen LogP contribution is -2.18. The van der Waals surface area contributed by atoms with E-state index < -0.39 is 0 Å². The van der Waals surface area contributed by atoms with Gasteiger partial charge in [-0.1, -0.05) is 5.16 Å². The molecule has 0 aliphatic carbocycles. The van der Waals surface area contributed by atoms with Gasteiger partial charge in [0.15, 0.2) is 5.82 Å². The van der Waals surface area contributed by atoms with Gasteiger partial charge >= 0.3 is 0 Å². The highest BCUT2D eigenvalue weighted by molar-refractivity contribution is 5.52. The SMILES string of the molecule is CC(N)Cc1noc(-c2ccc(F)cc2)n1. The molecule has 0 saturated carbocycles. The van der Waals surface area contributed by atoms with Crippen molar-refractivity contribution in [2.75, 3.05) is 0 Å². The van der Waals surface area contributed by atoms with E-state index in [9.17, 15) is 4.39 Å². The minimum absolute atomic E-state index is 0.0151. The molecule has 84 valence electrons. The maximum absolute atomic E-state index is 12.7. The molecule has 0 amide bonds. The molecule has 2 N–H and O–H groups in total. The molecular formula is C11H12FN3O. The monoisotopic (exact) mass is 221 g/mol. The van der Waals surface area contributed by atoms with Crippen LogP contribution in [0.25, 0.3) is 11.5 Å². The molecule has 0 aliphatic rings. The Balaban J connectivity index is 2.21. The molecule has 0 saturated heterocycles. The number of halogens is 1. The van der Waals surface area contributed by atoms with Gasteiger partial charge in [-0.05, 0) is 31.2 Å². The van der Waals surface area contributed by atoms with Crippen molar-refractivity contribution in [2.45, 2.75) is 19.4 Å². The fourth-order valence-corrected chi connectivity index (χ4v) is 1.33. The van der Waals surface area contributed by atoms with E-state index in [1.807, 2.05) is 6.92 Å². The predicted molar refractivity (Wildman–Crippen MR) is 57.0 cm³/mol. The van der Waals surface area contributed by atoms with Crippen molar-refractivity contribution < 1.29 is 8.91 Å². The molecule has 0 bridgehead atoms. The number of nitrogens with two attached hydrogens (primary N) is 1. The Labute approximate surface area is 92.3 Å². The number of hydrogen-bond donors (Lipinski definition) is 1. The molecule has 2 rings (SSSR count). The number of benzene rings is 1. The molecule has 0 spiro atoms. The lowest BCUT2D eigenvalue weighted by molar-refractivity contribution is 0.420. The van der Waals surface area contributed by atoms with E-state index in [1.165, 1.54) is 12.1 Å². The third-order valence-corrected chi connectivity index (χ3v) is 2.06. The lowest BCUT2D eigenvalue weighted by Gasteiger charge is -1.97. The molecule has 4 nitrogen and oxygen atoms in total. The fraction of sp³-hybridized carbons (Fsp3) is 0.273. The zero-order chi connectivity index (χ0) is 11.5. The maximum atomic E-state index is 12.7. The summed E-state index contributed by atoms with van der Waals surface area (Å²) < 4.78 is 17.7. The van der Waals surface area contributed by atoms with E-state index in [1.54, 1.807) is 12.1 Å². The van der Waals surface area contributed by atoms with Crippen molar-refractivity contribution in [3.05, 3.63) is 35.9 Å². The minimum Gasteiger partial charge on any atom is -0.334 e. The van der Waals surface area contributed by atoms with Crippen LogP contribution >= 0.6 is 0 Å². The third-order valence-electron chi connectivity index (χ3n) is 2.06. The molecule has 1 heterocycles. The van der Waals surface area contributed by atoms with Crippen LogP contribution in [0.3, 0.4) is 0 Å². The first-order chi connectivity index (χ1) is 7.65. The summed E-state index contributed by atoms with van der Waals surface area (Å²) in [6, 6.07) is 5.88. The van der Waals surface area contributed by atoms with Crippen LogP contribution in [-0.2, 0) is 6.42 Å². The number of nitrogens with zero attached hydrogens (tertiary/aromatic N) is 2. The smallest absolute Gasteiger partial charge is 0.257 e. The predicted octanol–water partition coefficient (Wildman–Crippen LogP) is 1.77. The normalized spacial score (nSPS) is 12.7. The first-order valence-corrected chi connectivity index (χ1v) is 4.99. The van der Waals surface area contributed by atoms with Gasteiger partial charge in [-0.15, -0.1) is 0 Å². The Hall–Kier alpha value is -1.75. The van der Waals surface area contributed by atoms with Gasteiger partial charge in [0.05, 0.1) is 0 Å². The van der Waals surface area contributed by atoms with Gasteiger partial charge in [-0.3, -0.25) is 0 Å². The Morgan fingerprint density at radius 1 is 1.38 bits per heavy atom. The van der Waals surface area contributed by atoms with Crippen LogP contribution in [0, 0.1) is 5.82 Å². The molecule has 2 aromatic rings. The summed E-state index contributed by atoms with van der Waals surface area (Å²) in [4.78, 5) is 4.17. The van der Waals surface area contributed by atoms with E-state index in [0.717, 1.165) is 0 Å². The Bertz CT molecular complexity index is 464. The summed E-state index contributed by atoms with van der Waals surface area (Å²) in [6.45, 7) is 1.87. The van der Waals surface area contributed by atoms with Gasteiger partial charge in [-0.2, -0.15) is 4.98 Å². The largest absolute Gasteiger partial charge is 0.334 e. The van der Waals surface area contributed by atoms with Crippen LogP contribution in [0.1, 0.15) is 12.7 Å². The summed E-state index contributed by atoms with van der Waals surface area (Å²) in [6.07, 6.45) is 0.560. The van der Waals surface area contributed by atoms with Crippen molar-refractivity contribution in [1.82, 2.24) is 10.1 Å². The van der Waals surface area contributed by atoms with Gasteiger partial charge < -0.3 is 10.3 Å². The number of aromatic nitrogens is 2. The Morgan fingerprint density at radius 2 is 2.06 bits per heavy atom. The molecule has 1 aromatic heterocycles. The van der Waals surface area contributed by atoms with Gasteiger partial charge in [0.25, 0.3) is 5.89 Å². The first kappa shape index (κ1) is 10.8. The Morgan fingerprint density at radius 3 is 2.69 bits per heavy atom. The van der Waals surface area contributed by atoms with Crippen LogP contribution in [0.5, 0.6) is 0 Å². The summed E-state index contributed by atoms with van der Waals surface area (Å²) in [5.41, 5.74) is 6.32. The fourth-order valence-electron chi connectivity index (χ4n) is 1.33. The van der Waals surface area contributed by atoms with Gasteiger partial charge in [0.2, 0.25) is 0 Å². The zero-order valence-electron chi connectivity index (χ0n) is 8.85. The van der Waals surface area contributed by atoms with Crippen LogP contribution < -0.4 is 5.73 Å². The summed E-state index contributed by atoms with van der Waals surface area (Å²) >= 11 is 0. The van der Waals surface area contributed by atoms with E-state index in [4.69, 9.17) is 10.3 Å².